The lowest BCUT2D eigenvalue weighted by Crippen LogP contribution is -2.31. The van der Waals surface area contributed by atoms with Gasteiger partial charge in [0.2, 0.25) is 0 Å². The average Bonchev–Trinajstić information content (AvgIpc) is 2.49. The number of aryl methyl sites for hydroxylation is 2. The highest BCUT2D eigenvalue weighted by Crippen LogP contribution is 2.19. The van der Waals surface area contributed by atoms with Crippen LogP contribution in [0.25, 0.3) is 0 Å². The number of hydrogen-bond donors (Lipinski definition) is 1. The van der Waals surface area contributed by atoms with E-state index >= 15 is 0 Å². The molecule has 22 heavy (non-hydrogen) atoms. The zero-order valence-corrected chi connectivity index (χ0v) is 13.0. The van der Waals surface area contributed by atoms with Crippen LogP contribution in [0, 0.1) is 19.7 Å². The van der Waals surface area contributed by atoms with Crippen molar-refractivity contribution in [3.63, 3.8) is 0 Å². The molecule has 116 valence electrons. The van der Waals surface area contributed by atoms with Crippen LogP contribution < -0.4 is 10.1 Å². The maximum Gasteiger partial charge on any atom is 0.258 e. The fraction of sp³-hybridized carbons (Fsp3) is 0.278. The summed E-state index contributed by atoms with van der Waals surface area (Å²) in [4.78, 5) is 12.0. The van der Waals surface area contributed by atoms with Gasteiger partial charge in [-0.1, -0.05) is 24.3 Å². The average molecular weight is 301 g/mol. The summed E-state index contributed by atoms with van der Waals surface area (Å²) in [5.74, 6) is 0.211. The van der Waals surface area contributed by atoms with Crippen LogP contribution in [0.15, 0.2) is 42.5 Å². The Morgan fingerprint density at radius 2 is 1.86 bits per heavy atom. The Morgan fingerprint density at radius 3 is 2.55 bits per heavy atom. The molecule has 3 nitrogen and oxygen atoms in total. The first kappa shape index (κ1) is 16.0. The minimum atomic E-state index is -0.291. The zero-order valence-electron chi connectivity index (χ0n) is 13.0. The van der Waals surface area contributed by atoms with E-state index in [9.17, 15) is 9.18 Å². The van der Waals surface area contributed by atoms with E-state index in [1.54, 1.807) is 12.1 Å². The molecule has 0 aliphatic rings. The maximum atomic E-state index is 12.9. The van der Waals surface area contributed by atoms with Crippen LogP contribution in [0.1, 0.15) is 29.7 Å². The van der Waals surface area contributed by atoms with Gasteiger partial charge >= 0.3 is 0 Å². The van der Waals surface area contributed by atoms with Crippen molar-refractivity contribution >= 4 is 5.91 Å². The molecule has 0 heterocycles. The molecule has 2 aromatic carbocycles. The van der Waals surface area contributed by atoms with E-state index < -0.39 is 0 Å². The number of amides is 1. The Bertz CT molecular complexity index is 653. The summed E-state index contributed by atoms with van der Waals surface area (Å²) in [5, 5.41) is 2.83. The highest BCUT2D eigenvalue weighted by molar-refractivity contribution is 5.78. The van der Waals surface area contributed by atoms with Gasteiger partial charge in [-0.25, -0.2) is 4.39 Å². The second-order valence-corrected chi connectivity index (χ2v) is 5.40. The molecule has 0 aliphatic carbocycles. The third-order valence-electron chi connectivity index (χ3n) is 3.45. The van der Waals surface area contributed by atoms with E-state index in [2.05, 4.69) is 5.32 Å². The van der Waals surface area contributed by atoms with Crippen LogP contribution in [0.3, 0.4) is 0 Å². The molecule has 0 aliphatic heterocycles. The van der Waals surface area contributed by atoms with E-state index in [4.69, 9.17) is 4.74 Å². The fourth-order valence-electron chi connectivity index (χ4n) is 2.12. The van der Waals surface area contributed by atoms with Gasteiger partial charge in [0.25, 0.3) is 5.91 Å². The monoisotopic (exact) mass is 301 g/mol. The minimum Gasteiger partial charge on any atom is -0.483 e. The molecular formula is C18H20FNO2. The van der Waals surface area contributed by atoms with E-state index in [1.807, 2.05) is 39.0 Å². The summed E-state index contributed by atoms with van der Waals surface area (Å²) >= 11 is 0. The van der Waals surface area contributed by atoms with Crippen molar-refractivity contribution in [3.8, 4) is 5.75 Å². The fourth-order valence-corrected chi connectivity index (χ4v) is 2.12. The number of carbonyl (C=O) groups excluding carboxylic acids is 1. The van der Waals surface area contributed by atoms with Crippen LogP contribution >= 0.6 is 0 Å². The van der Waals surface area contributed by atoms with Gasteiger partial charge in [-0.15, -0.1) is 0 Å². The molecule has 0 fully saturated rings. The van der Waals surface area contributed by atoms with Crippen molar-refractivity contribution in [2.45, 2.75) is 26.8 Å². The number of hydrogen-bond acceptors (Lipinski definition) is 2. The molecule has 0 aromatic heterocycles. The summed E-state index contributed by atoms with van der Waals surface area (Å²) in [6.07, 6.45) is 0. The normalized spacial score (nSPS) is 11.8. The largest absolute Gasteiger partial charge is 0.483 e. The molecule has 1 unspecified atom stereocenters. The SMILES string of the molecule is Cc1ccc(C)c(OCC(=O)NC(C)c2ccc(F)cc2)c1. The molecule has 1 atom stereocenters. The molecule has 2 rings (SSSR count). The topological polar surface area (TPSA) is 38.3 Å². The number of benzene rings is 2. The van der Waals surface area contributed by atoms with E-state index in [0.29, 0.717) is 5.75 Å². The zero-order chi connectivity index (χ0) is 16.1. The first-order chi connectivity index (χ1) is 10.5. The summed E-state index contributed by atoms with van der Waals surface area (Å²) < 4.78 is 18.4. The molecule has 0 bridgehead atoms. The van der Waals surface area contributed by atoms with Crippen LogP contribution in [-0.4, -0.2) is 12.5 Å². The van der Waals surface area contributed by atoms with Crippen LogP contribution in [0.5, 0.6) is 5.75 Å². The van der Waals surface area contributed by atoms with Gasteiger partial charge in [0, 0.05) is 0 Å². The van der Waals surface area contributed by atoms with Crippen LogP contribution in [0.2, 0.25) is 0 Å². The predicted octanol–water partition coefficient (Wildman–Crippen LogP) is 3.70. The predicted molar refractivity (Wildman–Crippen MR) is 84.4 cm³/mol. The summed E-state index contributed by atoms with van der Waals surface area (Å²) in [6.45, 7) is 5.72. The molecule has 1 amide bonds. The number of halogens is 1. The standard InChI is InChI=1S/C18H20FNO2/c1-12-4-5-13(2)17(10-12)22-11-18(21)20-14(3)15-6-8-16(19)9-7-15/h4-10,14H,11H2,1-3H3,(H,20,21). The first-order valence-corrected chi connectivity index (χ1v) is 7.20. The smallest absolute Gasteiger partial charge is 0.258 e. The van der Waals surface area contributed by atoms with Gasteiger partial charge in [-0.2, -0.15) is 0 Å². The van der Waals surface area contributed by atoms with Gasteiger partial charge in [0.1, 0.15) is 11.6 Å². The second-order valence-electron chi connectivity index (χ2n) is 5.40. The van der Waals surface area contributed by atoms with Crippen LogP contribution in [-0.2, 0) is 4.79 Å². The molecule has 0 spiro atoms. The van der Waals surface area contributed by atoms with Crippen molar-refractivity contribution in [2.75, 3.05) is 6.61 Å². The van der Waals surface area contributed by atoms with Crippen LogP contribution in [0.4, 0.5) is 4.39 Å². The maximum absolute atomic E-state index is 12.9. The van der Waals surface area contributed by atoms with E-state index in [-0.39, 0.29) is 24.4 Å². The number of nitrogens with one attached hydrogen (secondary N) is 1. The number of carbonyl (C=O) groups is 1. The Kier molecular flexibility index (Phi) is 5.15. The lowest BCUT2D eigenvalue weighted by Gasteiger charge is -2.15. The molecule has 0 saturated heterocycles. The van der Waals surface area contributed by atoms with Gasteiger partial charge in [0.15, 0.2) is 6.61 Å². The first-order valence-electron chi connectivity index (χ1n) is 7.20. The third-order valence-corrected chi connectivity index (χ3v) is 3.45. The minimum absolute atomic E-state index is 0.0458. The molecule has 0 radical (unpaired) electrons. The highest BCUT2D eigenvalue weighted by Gasteiger charge is 2.11. The Labute approximate surface area is 130 Å². The molecular weight excluding hydrogens is 281 g/mol. The third kappa shape index (κ3) is 4.32. The van der Waals surface area contributed by atoms with Crippen molar-refractivity contribution in [2.24, 2.45) is 0 Å². The van der Waals surface area contributed by atoms with E-state index in [1.165, 1.54) is 12.1 Å². The molecule has 0 saturated carbocycles. The lowest BCUT2D eigenvalue weighted by atomic mass is 10.1. The van der Waals surface area contributed by atoms with Gasteiger partial charge < -0.3 is 10.1 Å². The van der Waals surface area contributed by atoms with Gasteiger partial charge in [0.05, 0.1) is 6.04 Å². The van der Waals surface area contributed by atoms with Gasteiger partial charge in [-0.3, -0.25) is 4.79 Å². The quantitative estimate of drug-likeness (QED) is 0.914. The van der Waals surface area contributed by atoms with Crippen molar-refractivity contribution in [3.05, 3.63) is 65.0 Å². The van der Waals surface area contributed by atoms with Crippen molar-refractivity contribution in [1.29, 1.82) is 0 Å². The summed E-state index contributed by atoms with van der Waals surface area (Å²) in [7, 11) is 0. The van der Waals surface area contributed by atoms with E-state index in [0.717, 1.165) is 16.7 Å². The van der Waals surface area contributed by atoms with Gasteiger partial charge in [-0.05, 0) is 55.7 Å². The number of ether oxygens (including phenoxy) is 1. The van der Waals surface area contributed by atoms with Crippen molar-refractivity contribution < 1.29 is 13.9 Å². The van der Waals surface area contributed by atoms with Crippen molar-refractivity contribution in [1.82, 2.24) is 5.32 Å². The Hall–Kier alpha value is -2.36. The molecule has 4 heteroatoms. The summed E-state index contributed by atoms with van der Waals surface area (Å²) in [5.41, 5.74) is 2.92. The number of rotatable bonds is 5. The highest BCUT2D eigenvalue weighted by atomic mass is 19.1. The summed E-state index contributed by atoms with van der Waals surface area (Å²) in [6, 6.07) is 11.7. The lowest BCUT2D eigenvalue weighted by molar-refractivity contribution is -0.123. The molecule has 2 aromatic rings. The second kappa shape index (κ2) is 7.07. The Balaban J connectivity index is 1.90. The molecule has 1 N–H and O–H groups in total. The Morgan fingerprint density at radius 1 is 1.18 bits per heavy atom.